The van der Waals surface area contributed by atoms with Gasteiger partial charge in [0.25, 0.3) is 6.04 Å². The lowest BCUT2D eigenvalue weighted by Gasteiger charge is -2.32. The first-order valence-electron chi connectivity index (χ1n) is 9.16. The zero-order valence-corrected chi connectivity index (χ0v) is 16.0. The van der Waals surface area contributed by atoms with Gasteiger partial charge in [0, 0.05) is 15.5 Å². The summed E-state index contributed by atoms with van der Waals surface area (Å²) in [4.78, 5) is 13.0. The highest BCUT2D eigenvalue weighted by Crippen LogP contribution is 2.47. The summed E-state index contributed by atoms with van der Waals surface area (Å²) in [6.45, 7) is 0. The van der Waals surface area contributed by atoms with E-state index in [4.69, 9.17) is 0 Å². The summed E-state index contributed by atoms with van der Waals surface area (Å²) in [7, 11) is 0. The van der Waals surface area contributed by atoms with Crippen LogP contribution in [-0.4, -0.2) is 17.0 Å². The van der Waals surface area contributed by atoms with Crippen LogP contribution < -0.4 is 5.32 Å². The Balaban J connectivity index is 1.78. The summed E-state index contributed by atoms with van der Waals surface area (Å²) in [5.74, 6) is 0. The third kappa shape index (κ3) is 3.94. The molecule has 0 aromatic heterocycles. The third-order valence-electron chi connectivity index (χ3n) is 4.80. The van der Waals surface area contributed by atoms with E-state index < -0.39 is 12.1 Å². The van der Waals surface area contributed by atoms with Crippen LogP contribution in [0.25, 0.3) is 4.91 Å². The van der Waals surface area contributed by atoms with Crippen LogP contribution in [-0.2, 0) is 0 Å². The second-order valence-electron chi connectivity index (χ2n) is 6.66. The van der Waals surface area contributed by atoms with Gasteiger partial charge in [0.1, 0.15) is 11.3 Å². The molecule has 0 unspecified atom stereocenters. The van der Waals surface area contributed by atoms with Crippen molar-refractivity contribution in [1.82, 2.24) is 0 Å². The van der Waals surface area contributed by atoms with E-state index in [-0.39, 0.29) is 10.2 Å². The number of nitrogens with one attached hydrogen (secondary N) is 1. The second-order valence-corrected chi connectivity index (χ2v) is 7.84. The van der Waals surface area contributed by atoms with Crippen molar-refractivity contribution >= 4 is 22.4 Å². The number of hydrogen-bond acceptors (Lipinski definition) is 4. The van der Waals surface area contributed by atoms with Crippen molar-refractivity contribution in [3.8, 4) is 0 Å². The molecule has 5 heteroatoms. The van der Waals surface area contributed by atoms with Gasteiger partial charge < -0.3 is 5.32 Å². The number of hydrogen-bond donors (Lipinski definition) is 1. The summed E-state index contributed by atoms with van der Waals surface area (Å²) in [6, 6.07) is 28.3. The van der Waals surface area contributed by atoms with Gasteiger partial charge in [-0.15, -0.1) is 11.8 Å². The van der Waals surface area contributed by atoms with E-state index in [9.17, 15) is 10.1 Å². The van der Waals surface area contributed by atoms with Crippen molar-refractivity contribution in [2.75, 3.05) is 5.32 Å². The largest absolute Gasteiger partial charge is 0.373 e. The number of nitrogens with zero attached hydrogens (tertiary/aromatic N) is 1. The molecule has 0 fully saturated rings. The lowest BCUT2D eigenvalue weighted by molar-refractivity contribution is -0.523. The van der Waals surface area contributed by atoms with E-state index in [0.29, 0.717) is 0 Å². The van der Waals surface area contributed by atoms with Crippen LogP contribution in [0, 0.1) is 10.1 Å². The molecule has 0 aliphatic carbocycles. The Morgan fingerprint density at radius 3 is 2.00 bits per heavy atom. The molecule has 0 radical (unpaired) electrons. The number of benzene rings is 3. The fraction of sp³-hybridized carbons (Fsp3) is 0.130. The first-order valence-corrected chi connectivity index (χ1v) is 10.0. The van der Waals surface area contributed by atoms with E-state index >= 15 is 0 Å². The number of nitro groups is 1. The number of anilines is 1. The van der Waals surface area contributed by atoms with Gasteiger partial charge in [-0.05, 0) is 29.3 Å². The Hall–Kier alpha value is -3.05. The molecule has 0 amide bonds. The molecular weight excluding hydrogens is 368 g/mol. The number of thioether (sulfide) groups is 1. The Morgan fingerprint density at radius 1 is 0.821 bits per heavy atom. The monoisotopic (exact) mass is 388 g/mol. The molecule has 0 spiro atoms. The minimum absolute atomic E-state index is 0.149. The predicted octanol–water partition coefficient (Wildman–Crippen LogP) is 5.64. The SMILES string of the molecule is O=[N+]([O-])[C@@H]1[C@@H](c2ccccc2)SC(c2ccccc2)=C[C@H]1Nc1ccccc1. The van der Waals surface area contributed by atoms with Crippen LogP contribution in [0.2, 0.25) is 0 Å². The predicted molar refractivity (Wildman–Crippen MR) is 116 cm³/mol. The molecule has 1 heterocycles. The van der Waals surface area contributed by atoms with Crippen molar-refractivity contribution in [3.63, 3.8) is 0 Å². The Kier molecular flexibility index (Phi) is 5.44. The lowest BCUT2D eigenvalue weighted by atomic mass is 9.97. The first kappa shape index (κ1) is 18.3. The van der Waals surface area contributed by atoms with Crippen molar-refractivity contribution in [2.24, 2.45) is 0 Å². The lowest BCUT2D eigenvalue weighted by Crippen LogP contribution is -2.43. The standard InChI is InChI=1S/C23H20N2O2S/c26-25(27)22-20(24-19-14-8-3-9-15-19)16-21(17-10-4-1-5-11-17)28-23(22)18-12-6-2-7-13-18/h1-16,20,22-24H/t20-,22+,23-/m1/s1. The molecule has 1 aliphatic rings. The van der Waals surface area contributed by atoms with Gasteiger partial charge >= 0.3 is 0 Å². The molecule has 0 bridgehead atoms. The average Bonchev–Trinajstić information content (AvgIpc) is 2.75. The molecule has 3 aromatic carbocycles. The summed E-state index contributed by atoms with van der Waals surface area (Å²) in [5, 5.41) is 15.2. The summed E-state index contributed by atoms with van der Waals surface area (Å²) < 4.78 is 0. The Bertz CT molecular complexity index is 962. The number of para-hydroxylation sites is 1. The molecule has 4 nitrogen and oxygen atoms in total. The van der Waals surface area contributed by atoms with Gasteiger partial charge in [0.05, 0.1) is 0 Å². The minimum atomic E-state index is -0.778. The quantitative estimate of drug-likeness (QED) is 0.454. The molecule has 0 saturated heterocycles. The van der Waals surface area contributed by atoms with Gasteiger partial charge in [-0.25, -0.2) is 0 Å². The molecule has 4 rings (SSSR count). The molecule has 3 atom stereocenters. The molecule has 1 N–H and O–H groups in total. The zero-order valence-electron chi connectivity index (χ0n) is 15.1. The molecule has 140 valence electrons. The highest BCUT2D eigenvalue weighted by Gasteiger charge is 2.43. The van der Waals surface area contributed by atoms with E-state index in [1.54, 1.807) is 11.8 Å². The highest BCUT2D eigenvalue weighted by atomic mass is 32.2. The van der Waals surface area contributed by atoms with Crippen molar-refractivity contribution in [2.45, 2.75) is 17.3 Å². The second kappa shape index (κ2) is 8.31. The van der Waals surface area contributed by atoms with Gasteiger partial charge in [0.2, 0.25) is 0 Å². The summed E-state index contributed by atoms with van der Waals surface area (Å²) >= 11 is 1.57. The zero-order chi connectivity index (χ0) is 19.3. The molecule has 0 saturated carbocycles. The minimum Gasteiger partial charge on any atom is -0.373 e. The molecule has 1 aliphatic heterocycles. The highest BCUT2D eigenvalue weighted by molar-refractivity contribution is 8.08. The van der Waals surface area contributed by atoms with Crippen LogP contribution in [0.4, 0.5) is 5.69 Å². The van der Waals surface area contributed by atoms with E-state index in [1.807, 2.05) is 97.1 Å². The third-order valence-corrected chi connectivity index (χ3v) is 6.23. The molecule has 3 aromatic rings. The van der Waals surface area contributed by atoms with Crippen LogP contribution in [0.1, 0.15) is 16.4 Å². The Morgan fingerprint density at radius 2 is 1.39 bits per heavy atom. The van der Waals surface area contributed by atoms with Gasteiger partial charge in [-0.3, -0.25) is 10.1 Å². The van der Waals surface area contributed by atoms with Gasteiger partial charge in [0.15, 0.2) is 0 Å². The van der Waals surface area contributed by atoms with Gasteiger partial charge in [-0.1, -0.05) is 78.9 Å². The first-order chi connectivity index (χ1) is 13.7. The van der Waals surface area contributed by atoms with E-state index in [0.717, 1.165) is 21.7 Å². The molecule has 28 heavy (non-hydrogen) atoms. The van der Waals surface area contributed by atoms with Crippen LogP contribution in [0.15, 0.2) is 97.1 Å². The van der Waals surface area contributed by atoms with Crippen LogP contribution in [0.5, 0.6) is 0 Å². The fourth-order valence-electron chi connectivity index (χ4n) is 3.47. The smallest absolute Gasteiger partial charge is 0.252 e. The van der Waals surface area contributed by atoms with Crippen LogP contribution in [0.3, 0.4) is 0 Å². The van der Waals surface area contributed by atoms with Crippen LogP contribution >= 0.6 is 11.8 Å². The van der Waals surface area contributed by atoms with Crippen molar-refractivity contribution in [1.29, 1.82) is 0 Å². The van der Waals surface area contributed by atoms with E-state index in [1.165, 1.54) is 0 Å². The van der Waals surface area contributed by atoms with Gasteiger partial charge in [-0.2, -0.15) is 0 Å². The van der Waals surface area contributed by atoms with E-state index in [2.05, 4.69) is 5.32 Å². The summed E-state index contributed by atoms with van der Waals surface area (Å²) in [6.07, 6.45) is 2.00. The Labute approximate surface area is 168 Å². The normalized spacial score (nSPS) is 21.6. The molecular formula is C23H20N2O2S. The van der Waals surface area contributed by atoms with Crippen molar-refractivity contribution < 1.29 is 4.92 Å². The topological polar surface area (TPSA) is 55.2 Å². The maximum Gasteiger partial charge on any atom is 0.252 e. The fourth-order valence-corrected chi connectivity index (χ4v) is 4.94. The van der Waals surface area contributed by atoms with Crippen molar-refractivity contribution in [3.05, 3.63) is 118 Å². The average molecular weight is 388 g/mol. The number of rotatable bonds is 5. The maximum absolute atomic E-state index is 12.1. The summed E-state index contributed by atoms with van der Waals surface area (Å²) in [5.41, 5.74) is 2.92. The maximum atomic E-state index is 12.1.